The van der Waals surface area contributed by atoms with Gasteiger partial charge in [0.1, 0.15) is 4.90 Å². The number of amides is 1. The normalized spacial score (nSPS) is 14.2. The van der Waals surface area contributed by atoms with Gasteiger partial charge in [0.15, 0.2) is 5.75 Å². The molecule has 194 valence electrons. The van der Waals surface area contributed by atoms with Crippen molar-refractivity contribution in [3.63, 3.8) is 0 Å². The van der Waals surface area contributed by atoms with Crippen molar-refractivity contribution in [1.82, 2.24) is 5.43 Å². The molecule has 1 N–H and O–H groups in total. The molecule has 37 heavy (non-hydrogen) atoms. The zero-order chi connectivity index (χ0) is 26.5. The second kappa shape index (κ2) is 11.0. The third kappa shape index (κ3) is 6.88. The van der Waals surface area contributed by atoms with Crippen molar-refractivity contribution in [2.24, 2.45) is 5.10 Å². The molecule has 0 atom stereocenters. The number of hydrogen-bond donors (Lipinski definition) is 1. The van der Waals surface area contributed by atoms with Gasteiger partial charge in [-0.3, -0.25) is 4.79 Å². The summed E-state index contributed by atoms with van der Waals surface area (Å²) in [7, 11) is -4.41. The van der Waals surface area contributed by atoms with E-state index in [0.717, 1.165) is 49.3 Å². The topological polar surface area (TPSA) is 88.1 Å². The summed E-state index contributed by atoms with van der Waals surface area (Å²) in [6.45, 7) is 1.99. The summed E-state index contributed by atoms with van der Waals surface area (Å²) in [5.41, 5.74) is 3.60. The number of halogens is 3. The molecule has 1 fully saturated rings. The maximum Gasteiger partial charge on any atom is 0.416 e. The summed E-state index contributed by atoms with van der Waals surface area (Å²) in [6.07, 6.45) is -0.949. The van der Waals surface area contributed by atoms with Crippen LogP contribution in [-0.2, 0) is 27.5 Å². The van der Waals surface area contributed by atoms with Gasteiger partial charge < -0.3 is 9.08 Å². The Morgan fingerprint density at radius 1 is 1.00 bits per heavy atom. The van der Waals surface area contributed by atoms with Crippen LogP contribution in [0.25, 0.3) is 0 Å². The van der Waals surface area contributed by atoms with Crippen molar-refractivity contribution in [1.29, 1.82) is 0 Å². The average Bonchev–Trinajstić information content (AvgIpc) is 3.40. The predicted molar refractivity (Wildman–Crippen MR) is 133 cm³/mol. The first-order chi connectivity index (χ1) is 17.6. The Morgan fingerprint density at radius 2 is 1.70 bits per heavy atom. The Labute approximate surface area is 212 Å². The minimum absolute atomic E-state index is 0.0984. The van der Waals surface area contributed by atoms with Crippen LogP contribution in [0.4, 0.5) is 18.9 Å². The first-order valence-electron chi connectivity index (χ1n) is 11.5. The number of nitrogens with one attached hydrogen (secondary N) is 1. The molecule has 7 nitrogen and oxygen atoms in total. The first kappa shape index (κ1) is 26.2. The van der Waals surface area contributed by atoms with Gasteiger partial charge in [0.2, 0.25) is 5.91 Å². The van der Waals surface area contributed by atoms with Crippen LogP contribution in [0.2, 0.25) is 0 Å². The van der Waals surface area contributed by atoms with Crippen LogP contribution in [0, 0.1) is 0 Å². The molecule has 1 heterocycles. The van der Waals surface area contributed by atoms with Crippen LogP contribution >= 0.6 is 0 Å². The number of carbonyl (C=O) groups excluding carboxylic acids is 1. The fourth-order valence-corrected chi connectivity index (χ4v) is 4.83. The van der Waals surface area contributed by atoms with Gasteiger partial charge in [-0.2, -0.15) is 26.7 Å². The van der Waals surface area contributed by atoms with Gasteiger partial charge >= 0.3 is 16.3 Å². The van der Waals surface area contributed by atoms with E-state index in [0.29, 0.717) is 12.1 Å². The number of anilines is 1. The molecule has 3 aromatic rings. The van der Waals surface area contributed by atoms with E-state index in [1.165, 1.54) is 24.4 Å². The fraction of sp³-hybridized carbons (Fsp3) is 0.231. The number of benzene rings is 3. The summed E-state index contributed by atoms with van der Waals surface area (Å²) >= 11 is 0. The van der Waals surface area contributed by atoms with Gasteiger partial charge in [0.25, 0.3) is 0 Å². The Hall–Kier alpha value is -3.86. The SMILES string of the molecule is O=C(Cc1cccc(N2CCCC2)c1)NN=Cc1ccccc1OS(=O)(=O)c1ccc(C(F)(F)F)cc1. The standard InChI is InChI=1S/C26H24F3N3O4S/c27-26(28,29)21-10-12-23(13-11-21)37(34,35)36-24-9-2-1-7-20(24)18-30-31-25(33)17-19-6-5-8-22(16-19)32-14-3-4-15-32/h1-2,5-13,16,18H,3-4,14-15,17H2,(H,31,33). The highest BCUT2D eigenvalue weighted by atomic mass is 32.2. The number of carbonyl (C=O) groups is 1. The Bertz CT molecular complexity index is 1380. The number of hydrogen-bond acceptors (Lipinski definition) is 6. The van der Waals surface area contributed by atoms with E-state index < -0.39 is 26.8 Å². The predicted octanol–water partition coefficient (Wildman–Crippen LogP) is 4.77. The largest absolute Gasteiger partial charge is 0.416 e. The van der Waals surface area contributed by atoms with Gasteiger partial charge in [0, 0.05) is 24.3 Å². The molecule has 11 heteroatoms. The van der Waals surface area contributed by atoms with E-state index in [2.05, 4.69) is 15.4 Å². The van der Waals surface area contributed by atoms with Crippen molar-refractivity contribution in [2.75, 3.05) is 18.0 Å². The highest BCUT2D eigenvalue weighted by molar-refractivity contribution is 7.87. The van der Waals surface area contributed by atoms with Crippen LogP contribution in [0.5, 0.6) is 5.75 Å². The smallest absolute Gasteiger partial charge is 0.378 e. The maximum absolute atomic E-state index is 12.8. The molecule has 0 aliphatic carbocycles. The molecule has 0 unspecified atom stereocenters. The molecule has 4 rings (SSSR count). The number of para-hydroxylation sites is 1. The van der Waals surface area contributed by atoms with Crippen molar-refractivity contribution in [3.8, 4) is 5.75 Å². The van der Waals surface area contributed by atoms with Gasteiger partial charge in [-0.15, -0.1) is 0 Å². The number of alkyl halides is 3. The molecule has 1 aliphatic rings. The summed E-state index contributed by atoms with van der Waals surface area (Å²) < 4.78 is 68.6. The lowest BCUT2D eigenvalue weighted by molar-refractivity contribution is -0.137. The van der Waals surface area contributed by atoms with Crippen LogP contribution in [0.1, 0.15) is 29.5 Å². The van der Waals surface area contributed by atoms with Gasteiger partial charge in [-0.1, -0.05) is 24.3 Å². The third-order valence-electron chi connectivity index (χ3n) is 5.73. The molecule has 0 spiro atoms. The van der Waals surface area contributed by atoms with Crippen molar-refractivity contribution in [2.45, 2.75) is 30.3 Å². The summed E-state index contributed by atoms with van der Waals surface area (Å²) in [4.78, 5) is 14.2. The Morgan fingerprint density at radius 3 is 2.41 bits per heavy atom. The number of hydrazone groups is 1. The molecule has 3 aromatic carbocycles. The van der Waals surface area contributed by atoms with E-state index >= 15 is 0 Å². The zero-order valence-electron chi connectivity index (χ0n) is 19.6. The number of nitrogens with zero attached hydrogens (tertiary/aromatic N) is 2. The Kier molecular flexibility index (Phi) is 7.82. The minimum Gasteiger partial charge on any atom is -0.378 e. The van der Waals surface area contributed by atoms with Gasteiger partial charge in [-0.05, 0) is 66.9 Å². The summed E-state index contributed by atoms with van der Waals surface area (Å²) in [6, 6.07) is 16.8. The lowest BCUT2D eigenvalue weighted by Crippen LogP contribution is -2.21. The molecule has 1 saturated heterocycles. The highest BCUT2D eigenvalue weighted by Crippen LogP contribution is 2.30. The summed E-state index contributed by atoms with van der Waals surface area (Å²) in [5.74, 6) is -0.454. The molecule has 0 saturated carbocycles. The second-order valence-electron chi connectivity index (χ2n) is 8.43. The molecular formula is C26H24F3N3O4S. The monoisotopic (exact) mass is 531 g/mol. The summed E-state index contributed by atoms with van der Waals surface area (Å²) in [5, 5.41) is 3.90. The van der Waals surface area contributed by atoms with Crippen LogP contribution in [0.15, 0.2) is 82.8 Å². The maximum atomic E-state index is 12.8. The van der Waals surface area contributed by atoms with Crippen LogP contribution in [0.3, 0.4) is 0 Å². The van der Waals surface area contributed by atoms with Crippen molar-refractivity contribution in [3.05, 3.63) is 89.5 Å². The molecule has 1 aliphatic heterocycles. The minimum atomic E-state index is -4.59. The second-order valence-corrected chi connectivity index (χ2v) is 9.98. The molecule has 0 aromatic heterocycles. The van der Waals surface area contributed by atoms with E-state index in [1.54, 1.807) is 6.07 Å². The first-order valence-corrected chi connectivity index (χ1v) is 12.9. The molecule has 0 bridgehead atoms. The Balaban J connectivity index is 1.40. The lowest BCUT2D eigenvalue weighted by atomic mass is 10.1. The van der Waals surface area contributed by atoms with Crippen molar-refractivity contribution >= 4 is 27.9 Å². The lowest BCUT2D eigenvalue weighted by Gasteiger charge is -2.18. The quantitative estimate of drug-likeness (QED) is 0.257. The van der Waals surface area contributed by atoms with E-state index in [4.69, 9.17) is 4.18 Å². The number of rotatable bonds is 8. The van der Waals surface area contributed by atoms with Gasteiger partial charge in [-0.25, -0.2) is 5.43 Å². The van der Waals surface area contributed by atoms with E-state index in [-0.39, 0.29) is 23.6 Å². The molecule has 0 radical (unpaired) electrons. The van der Waals surface area contributed by atoms with E-state index in [1.807, 2.05) is 24.3 Å². The molecular weight excluding hydrogens is 507 g/mol. The van der Waals surface area contributed by atoms with E-state index in [9.17, 15) is 26.4 Å². The van der Waals surface area contributed by atoms with Crippen molar-refractivity contribution < 1.29 is 30.6 Å². The highest BCUT2D eigenvalue weighted by Gasteiger charge is 2.31. The van der Waals surface area contributed by atoms with Crippen LogP contribution < -0.4 is 14.5 Å². The fourth-order valence-electron chi connectivity index (χ4n) is 3.88. The zero-order valence-corrected chi connectivity index (χ0v) is 20.4. The third-order valence-corrected chi connectivity index (χ3v) is 6.98. The average molecular weight is 532 g/mol. The molecule has 1 amide bonds. The van der Waals surface area contributed by atoms with Gasteiger partial charge in [0.05, 0.1) is 18.2 Å². The van der Waals surface area contributed by atoms with Crippen LogP contribution in [-0.4, -0.2) is 33.6 Å².